The number of aliphatic hydroxyl groups is 2. The van der Waals surface area contributed by atoms with Crippen LogP contribution in [0.15, 0.2) is 11.6 Å². The Balaban J connectivity index is 1.67. The molecule has 3 heteroatoms. The summed E-state index contributed by atoms with van der Waals surface area (Å²) in [7, 11) is 0. The summed E-state index contributed by atoms with van der Waals surface area (Å²) in [6, 6.07) is 0. The molecule has 0 aliphatic heterocycles. The second kappa shape index (κ2) is 5.41. The maximum Gasteiger partial charge on any atom is 0.159 e. The van der Waals surface area contributed by atoms with E-state index >= 15 is 0 Å². The third kappa shape index (κ3) is 2.07. The number of hydrogen-bond acceptors (Lipinski definition) is 3. The lowest BCUT2D eigenvalue weighted by Gasteiger charge is -2.60. The van der Waals surface area contributed by atoms with Crippen LogP contribution in [0.2, 0.25) is 0 Å². The number of fused-ring (bicyclic) bond motifs is 5. The molecule has 0 unspecified atom stereocenters. The Morgan fingerprint density at radius 2 is 1.83 bits per heavy atom. The molecule has 134 valence electrons. The summed E-state index contributed by atoms with van der Waals surface area (Å²) >= 11 is 0. The van der Waals surface area contributed by atoms with Crippen molar-refractivity contribution < 1.29 is 15.0 Å². The fourth-order valence-corrected chi connectivity index (χ4v) is 7.43. The van der Waals surface area contributed by atoms with Crippen molar-refractivity contribution in [2.75, 3.05) is 0 Å². The molecule has 4 fully saturated rings. The first-order valence-electron chi connectivity index (χ1n) is 9.87. The summed E-state index contributed by atoms with van der Waals surface area (Å²) in [6.45, 7) is 6.70. The number of allylic oxidation sites excluding steroid dienone is 2. The second-order valence-electron chi connectivity index (χ2n) is 9.52. The molecule has 3 nitrogen and oxygen atoms in total. The van der Waals surface area contributed by atoms with Gasteiger partial charge in [0.05, 0.1) is 12.2 Å². The molecule has 4 aliphatic carbocycles. The predicted octanol–water partition coefficient (Wildman–Crippen LogP) is 3.49. The number of carbonyl (C=O) groups excluding carboxylic acids is 1. The fourth-order valence-electron chi connectivity index (χ4n) is 7.43. The lowest BCUT2D eigenvalue weighted by atomic mass is 9.45. The van der Waals surface area contributed by atoms with Crippen LogP contribution in [-0.2, 0) is 4.79 Å². The summed E-state index contributed by atoms with van der Waals surface area (Å²) < 4.78 is 0. The molecule has 0 saturated heterocycles. The molecule has 0 aromatic rings. The van der Waals surface area contributed by atoms with E-state index in [0.717, 1.165) is 44.1 Å². The zero-order valence-electron chi connectivity index (χ0n) is 15.3. The van der Waals surface area contributed by atoms with E-state index in [9.17, 15) is 15.0 Å². The summed E-state index contributed by atoms with van der Waals surface area (Å²) in [5.74, 6) is 2.59. The minimum atomic E-state index is -0.574. The summed E-state index contributed by atoms with van der Waals surface area (Å²) in [5, 5.41) is 20.4. The maximum atomic E-state index is 12.6. The maximum absolute atomic E-state index is 12.6. The average Bonchev–Trinajstić information content (AvgIpc) is 2.78. The molecule has 4 saturated carbocycles. The monoisotopic (exact) mass is 332 g/mol. The first kappa shape index (κ1) is 16.8. The van der Waals surface area contributed by atoms with Gasteiger partial charge in [-0.25, -0.2) is 0 Å². The van der Waals surface area contributed by atoms with Crippen LogP contribution in [-0.4, -0.2) is 28.2 Å². The van der Waals surface area contributed by atoms with Crippen LogP contribution in [0.3, 0.4) is 0 Å². The van der Waals surface area contributed by atoms with Crippen LogP contribution in [0.4, 0.5) is 0 Å². The highest BCUT2D eigenvalue weighted by Gasteiger charge is 2.61. The van der Waals surface area contributed by atoms with Crippen molar-refractivity contribution in [1.82, 2.24) is 0 Å². The van der Waals surface area contributed by atoms with E-state index in [1.54, 1.807) is 0 Å². The van der Waals surface area contributed by atoms with Gasteiger partial charge in [0.25, 0.3) is 0 Å². The van der Waals surface area contributed by atoms with Crippen LogP contribution < -0.4 is 0 Å². The van der Waals surface area contributed by atoms with Gasteiger partial charge in [-0.3, -0.25) is 4.79 Å². The quantitative estimate of drug-likeness (QED) is 0.668. The largest absolute Gasteiger partial charge is 0.390 e. The minimum absolute atomic E-state index is 0.0724. The second-order valence-corrected chi connectivity index (χ2v) is 9.52. The summed E-state index contributed by atoms with van der Waals surface area (Å²) in [4.78, 5) is 12.6. The highest BCUT2D eigenvalue weighted by atomic mass is 16.3. The van der Waals surface area contributed by atoms with Gasteiger partial charge in [0.1, 0.15) is 0 Å². The van der Waals surface area contributed by atoms with E-state index in [1.807, 2.05) is 6.92 Å². The minimum Gasteiger partial charge on any atom is -0.390 e. The molecule has 4 aliphatic rings. The molecular formula is C21H32O3. The topological polar surface area (TPSA) is 57.5 Å². The van der Waals surface area contributed by atoms with Gasteiger partial charge < -0.3 is 10.2 Å². The number of rotatable bonds is 0. The van der Waals surface area contributed by atoms with E-state index in [0.29, 0.717) is 29.5 Å². The van der Waals surface area contributed by atoms with Crippen LogP contribution in [0.5, 0.6) is 0 Å². The zero-order valence-corrected chi connectivity index (χ0v) is 15.3. The molecule has 0 aromatic heterocycles. The Morgan fingerprint density at radius 3 is 2.54 bits per heavy atom. The molecule has 8 atom stereocenters. The highest BCUT2D eigenvalue weighted by molar-refractivity contribution is 5.99. The number of hydrogen-bond donors (Lipinski definition) is 2. The van der Waals surface area contributed by atoms with E-state index in [2.05, 4.69) is 19.9 Å². The number of carbonyl (C=O) groups is 1. The van der Waals surface area contributed by atoms with E-state index in [4.69, 9.17) is 0 Å². The van der Waals surface area contributed by atoms with Gasteiger partial charge in [0, 0.05) is 6.42 Å². The van der Waals surface area contributed by atoms with E-state index < -0.39 is 12.2 Å². The first-order valence-corrected chi connectivity index (χ1v) is 9.87. The Hall–Kier alpha value is -0.670. The first-order chi connectivity index (χ1) is 11.3. The molecular weight excluding hydrogens is 300 g/mol. The van der Waals surface area contributed by atoms with Crippen molar-refractivity contribution in [3.05, 3.63) is 11.6 Å². The summed E-state index contributed by atoms with van der Waals surface area (Å²) in [5.41, 5.74) is 1.28. The molecule has 4 rings (SSSR count). The molecule has 0 spiro atoms. The van der Waals surface area contributed by atoms with Gasteiger partial charge in [0.2, 0.25) is 0 Å². The van der Waals surface area contributed by atoms with Crippen LogP contribution >= 0.6 is 0 Å². The predicted molar refractivity (Wildman–Crippen MR) is 93.3 cm³/mol. The van der Waals surface area contributed by atoms with E-state index in [-0.39, 0.29) is 10.8 Å². The normalized spacial score (nSPS) is 55.9. The Labute approximate surface area is 145 Å². The molecule has 0 aromatic carbocycles. The van der Waals surface area contributed by atoms with Crippen molar-refractivity contribution >= 4 is 5.78 Å². The Bertz CT molecular complexity index is 582. The lowest BCUT2D eigenvalue weighted by molar-refractivity contribution is -0.153. The van der Waals surface area contributed by atoms with Gasteiger partial charge in [-0.15, -0.1) is 0 Å². The lowest BCUT2D eigenvalue weighted by Crippen LogP contribution is -2.56. The van der Waals surface area contributed by atoms with Crippen LogP contribution in [0.1, 0.15) is 65.7 Å². The average molecular weight is 332 g/mol. The van der Waals surface area contributed by atoms with Crippen molar-refractivity contribution in [1.29, 1.82) is 0 Å². The summed E-state index contributed by atoms with van der Waals surface area (Å²) in [6.07, 6.45) is 7.76. The Kier molecular flexibility index (Phi) is 3.78. The standard InChI is InChI=1S/C21H32O3/c1-4-14-17(22)10-16-13-6-5-12-9-18(23)19(24)11-21(12,3)15(13)7-8-20(14,16)2/h4,12-13,15-16,18-19,23-24H,5-11H2,1-3H3/b14-4+/t12-,13-,15+,16+,18-,19+,20-,21+/m1/s1. The molecule has 2 N–H and O–H groups in total. The van der Waals surface area contributed by atoms with Crippen molar-refractivity contribution in [3.8, 4) is 0 Å². The number of aliphatic hydroxyl groups excluding tert-OH is 2. The molecule has 0 heterocycles. The number of Topliss-reactive ketones (excluding diaryl/α,β-unsaturated/α-hetero) is 1. The molecule has 0 amide bonds. The highest BCUT2D eigenvalue weighted by Crippen LogP contribution is 2.66. The molecule has 24 heavy (non-hydrogen) atoms. The third-order valence-electron chi connectivity index (χ3n) is 8.68. The van der Waals surface area contributed by atoms with Crippen LogP contribution in [0, 0.1) is 34.5 Å². The van der Waals surface area contributed by atoms with Crippen molar-refractivity contribution in [2.24, 2.45) is 34.5 Å². The van der Waals surface area contributed by atoms with Crippen molar-refractivity contribution in [2.45, 2.75) is 77.9 Å². The van der Waals surface area contributed by atoms with Crippen molar-refractivity contribution in [3.63, 3.8) is 0 Å². The van der Waals surface area contributed by atoms with Gasteiger partial charge >= 0.3 is 0 Å². The third-order valence-corrected chi connectivity index (χ3v) is 8.68. The van der Waals surface area contributed by atoms with E-state index in [1.165, 1.54) is 6.42 Å². The van der Waals surface area contributed by atoms with Gasteiger partial charge in [-0.05, 0) is 85.5 Å². The van der Waals surface area contributed by atoms with Gasteiger partial charge in [-0.1, -0.05) is 19.9 Å². The molecule has 0 radical (unpaired) electrons. The molecule has 0 bridgehead atoms. The number of ketones is 1. The van der Waals surface area contributed by atoms with Crippen LogP contribution in [0.25, 0.3) is 0 Å². The smallest absolute Gasteiger partial charge is 0.159 e. The van der Waals surface area contributed by atoms with Gasteiger partial charge in [-0.2, -0.15) is 0 Å². The fraction of sp³-hybridized carbons (Fsp3) is 0.857. The Morgan fingerprint density at radius 1 is 1.08 bits per heavy atom. The van der Waals surface area contributed by atoms with Gasteiger partial charge in [0.15, 0.2) is 5.78 Å². The SMILES string of the molecule is C/C=C1\C(=O)C[C@H]2[C@@H]3CC[C@@H]4C[C@@H](O)[C@@H](O)C[C@]4(C)[C@H]3CC[C@]12C. The zero-order chi connectivity index (χ0) is 17.3.